The van der Waals surface area contributed by atoms with E-state index in [0.717, 1.165) is 17.5 Å². The Morgan fingerprint density at radius 3 is 2.77 bits per heavy atom. The Balaban J connectivity index is 1.86. The van der Waals surface area contributed by atoms with Gasteiger partial charge in [-0.05, 0) is 18.6 Å². The number of amides is 1. The summed E-state index contributed by atoms with van der Waals surface area (Å²) in [7, 11) is 1.73. The summed E-state index contributed by atoms with van der Waals surface area (Å²) in [6.07, 6.45) is 0.986. The SMILES string of the molecule is CC[C@@H]1CN(C(=O)Cn2c(=O)n(C)c3ccccc32)CCO1. The molecule has 1 saturated heterocycles. The number of aryl methyl sites for hydroxylation is 1. The predicted molar refractivity (Wildman–Crippen MR) is 83.8 cm³/mol. The van der Waals surface area contributed by atoms with Crippen LogP contribution in [0.5, 0.6) is 0 Å². The molecule has 1 atom stereocenters. The highest BCUT2D eigenvalue weighted by Crippen LogP contribution is 2.13. The molecule has 1 fully saturated rings. The van der Waals surface area contributed by atoms with E-state index in [1.165, 1.54) is 0 Å². The lowest BCUT2D eigenvalue weighted by Gasteiger charge is -2.32. The third-order valence-electron chi connectivity index (χ3n) is 4.29. The van der Waals surface area contributed by atoms with Crippen LogP contribution in [0.15, 0.2) is 29.1 Å². The number of para-hydroxylation sites is 2. The Labute approximate surface area is 128 Å². The second kappa shape index (κ2) is 5.96. The molecule has 2 heterocycles. The molecule has 1 aliphatic heterocycles. The normalized spacial score (nSPS) is 18.8. The first-order valence-electron chi connectivity index (χ1n) is 7.65. The number of rotatable bonds is 3. The van der Waals surface area contributed by atoms with Crippen LogP contribution < -0.4 is 5.69 Å². The second-order valence-electron chi connectivity index (χ2n) is 5.66. The molecule has 118 valence electrons. The van der Waals surface area contributed by atoms with Gasteiger partial charge in [-0.1, -0.05) is 19.1 Å². The van der Waals surface area contributed by atoms with Crippen LogP contribution in [-0.2, 0) is 23.1 Å². The zero-order chi connectivity index (χ0) is 15.7. The number of ether oxygens (including phenoxy) is 1. The number of nitrogens with zero attached hydrogens (tertiary/aromatic N) is 3. The number of benzene rings is 1. The highest BCUT2D eigenvalue weighted by molar-refractivity contribution is 5.81. The minimum absolute atomic E-state index is 0.0276. The van der Waals surface area contributed by atoms with Crippen molar-refractivity contribution in [2.75, 3.05) is 19.7 Å². The van der Waals surface area contributed by atoms with E-state index in [-0.39, 0.29) is 24.2 Å². The highest BCUT2D eigenvalue weighted by atomic mass is 16.5. The molecule has 22 heavy (non-hydrogen) atoms. The van der Waals surface area contributed by atoms with Gasteiger partial charge in [0.2, 0.25) is 5.91 Å². The van der Waals surface area contributed by atoms with Crippen LogP contribution in [0, 0.1) is 0 Å². The first kappa shape index (κ1) is 14.8. The van der Waals surface area contributed by atoms with Crippen LogP contribution in [-0.4, -0.2) is 45.7 Å². The summed E-state index contributed by atoms with van der Waals surface area (Å²) in [4.78, 5) is 26.7. The van der Waals surface area contributed by atoms with Gasteiger partial charge in [-0.3, -0.25) is 13.9 Å². The number of imidazole rings is 1. The van der Waals surface area contributed by atoms with E-state index in [0.29, 0.717) is 19.7 Å². The molecule has 0 unspecified atom stereocenters. The fraction of sp³-hybridized carbons (Fsp3) is 0.500. The first-order chi connectivity index (χ1) is 10.6. The average Bonchev–Trinajstić information content (AvgIpc) is 2.80. The Kier molecular flexibility index (Phi) is 4.02. The van der Waals surface area contributed by atoms with Crippen LogP contribution in [0.4, 0.5) is 0 Å². The Morgan fingerprint density at radius 2 is 2.05 bits per heavy atom. The number of morpholine rings is 1. The van der Waals surface area contributed by atoms with Crippen molar-refractivity contribution in [3.63, 3.8) is 0 Å². The molecule has 1 aliphatic rings. The quantitative estimate of drug-likeness (QED) is 0.849. The molecule has 2 aromatic rings. The second-order valence-corrected chi connectivity index (χ2v) is 5.66. The van der Waals surface area contributed by atoms with Gasteiger partial charge in [0.25, 0.3) is 0 Å². The van der Waals surface area contributed by atoms with Gasteiger partial charge in [-0.2, -0.15) is 0 Å². The smallest absolute Gasteiger partial charge is 0.329 e. The van der Waals surface area contributed by atoms with Crippen molar-refractivity contribution in [1.82, 2.24) is 14.0 Å². The predicted octanol–water partition coefficient (Wildman–Crippen LogP) is 0.977. The van der Waals surface area contributed by atoms with Gasteiger partial charge in [0, 0.05) is 20.1 Å². The molecular weight excluding hydrogens is 282 g/mol. The van der Waals surface area contributed by atoms with Crippen LogP contribution in [0.25, 0.3) is 11.0 Å². The number of carbonyl (C=O) groups excluding carboxylic acids is 1. The zero-order valence-corrected chi connectivity index (χ0v) is 13.0. The van der Waals surface area contributed by atoms with Crippen molar-refractivity contribution < 1.29 is 9.53 Å². The number of hydrogen-bond donors (Lipinski definition) is 0. The number of carbonyl (C=O) groups is 1. The van der Waals surface area contributed by atoms with Crippen LogP contribution in [0.1, 0.15) is 13.3 Å². The van der Waals surface area contributed by atoms with Crippen molar-refractivity contribution in [2.24, 2.45) is 7.05 Å². The lowest BCUT2D eigenvalue weighted by atomic mass is 10.2. The standard InChI is InChI=1S/C16H21N3O3/c1-3-12-10-18(8-9-22-12)15(20)11-19-14-7-5-4-6-13(14)17(2)16(19)21/h4-7,12H,3,8-11H2,1-2H3/t12-/m1/s1. The monoisotopic (exact) mass is 303 g/mol. The maximum absolute atomic E-state index is 12.5. The van der Waals surface area contributed by atoms with Crippen molar-refractivity contribution in [3.05, 3.63) is 34.7 Å². The molecule has 1 aromatic heterocycles. The molecule has 0 bridgehead atoms. The average molecular weight is 303 g/mol. The summed E-state index contributed by atoms with van der Waals surface area (Å²) >= 11 is 0. The molecule has 0 N–H and O–H groups in total. The molecule has 0 spiro atoms. The van der Waals surface area contributed by atoms with E-state index in [1.54, 1.807) is 21.1 Å². The highest BCUT2D eigenvalue weighted by Gasteiger charge is 2.24. The van der Waals surface area contributed by atoms with Gasteiger partial charge in [-0.25, -0.2) is 4.79 Å². The number of fused-ring (bicyclic) bond motifs is 1. The number of aromatic nitrogens is 2. The minimum Gasteiger partial charge on any atom is -0.375 e. The van der Waals surface area contributed by atoms with Gasteiger partial charge in [0.05, 0.1) is 23.7 Å². The van der Waals surface area contributed by atoms with E-state index in [4.69, 9.17) is 4.74 Å². The lowest BCUT2D eigenvalue weighted by molar-refractivity contribution is -0.139. The fourth-order valence-corrected chi connectivity index (χ4v) is 2.94. The molecule has 3 rings (SSSR count). The summed E-state index contributed by atoms with van der Waals surface area (Å²) in [5.41, 5.74) is 1.48. The molecule has 0 aliphatic carbocycles. The van der Waals surface area contributed by atoms with Gasteiger partial charge < -0.3 is 9.64 Å². The van der Waals surface area contributed by atoms with Crippen LogP contribution in [0.3, 0.4) is 0 Å². The van der Waals surface area contributed by atoms with Crippen LogP contribution >= 0.6 is 0 Å². The third kappa shape index (κ3) is 2.54. The zero-order valence-electron chi connectivity index (χ0n) is 13.0. The summed E-state index contributed by atoms with van der Waals surface area (Å²) in [5, 5.41) is 0. The van der Waals surface area contributed by atoms with E-state index in [9.17, 15) is 9.59 Å². The first-order valence-corrected chi connectivity index (χ1v) is 7.65. The molecule has 6 nitrogen and oxygen atoms in total. The largest absolute Gasteiger partial charge is 0.375 e. The van der Waals surface area contributed by atoms with Gasteiger partial charge in [0.1, 0.15) is 6.54 Å². The van der Waals surface area contributed by atoms with Crippen LogP contribution in [0.2, 0.25) is 0 Å². The lowest BCUT2D eigenvalue weighted by Crippen LogP contribution is -2.47. The third-order valence-corrected chi connectivity index (χ3v) is 4.29. The maximum atomic E-state index is 12.5. The van der Waals surface area contributed by atoms with E-state index >= 15 is 0 Å². The molecule has 1 aromatic carbocycles. The van der Waals surface area contributed by atoms with Gasteiger partial charge in [0.15, 0.2) is 0 Å². The van der Waals surface area contributed by atoms with Crippen molar-refractivity contribution in [3.8, 4) is 0 Å². The van der Waals surface area contributed by atoms with Gasteiger partial charge in [-0.15, -0.1) is 0 Å². The molecule has 0 saturated carbocycles. The van der Waals surface area contributed by atoms with E-state index < -0.39 is 0 Å². The Morgan fingerprint density at radius 1 is 1.32 bits per heavy atom. The van der Waals surface area contributed by atoms with E-state index in [2.05, 4.69) is 0 Å². The molecule has 6 heteroatoms. The summed E-state index contributed by atoms with van der Waals surface area (Å²) in [6.45, 7) is 3.89. The van der Waals surface area contributed by atoms with Crippen molar-refractivity contribution >= 4 is 16.9 Å². The van der Waals surface area contributed by atoms with E-state index in [1.807, 2.05) is 31.2 Å². The summed E-state index contributed by atoms with van der Waals surface area (Å²) < 4.78 is 8.72. The minimum atomic E-state index is -0.158. The summed E-state index contributed by atoms with van der Waals surface area (Å²) in [5.74, 6) is -0.0276. The van der Waals surface area contributed by atoms with Crippen molar-refractivity contribution in [1.29, 1.82) is 0 Å². The fourth-order valence-electron chi connectivity index (χ4n) is 2.94. The number of hydrogen-bond acceptors (Lipinski definition) is 3. The molecule has 1 amide bonds. The van der Waals surface area contributed by atoms with Crippen molar-refractivity contribution in [2.45, 2.75) is 26.0 Å². The Hall–Kier alpha value is -2.08. The van der Waals surface area contributed by atoms with Gasteiger partial charge >= 0.3 is 5.69 Å². The Bertz CT molecular complexity index is 747. The molecular formula is C16H21N3O3. The molecule has 0 radical (unpaired) electrons. The maximum Gasteiger partial charge on any atom is 0.329 e. The topological polar surface area (TPSA) is 56.5 Å². The summed E-state index contributed by atoms with van der Waals surface area (Å²) in [6, 6.07) is 7.53.